The Morgan fingerprint density at radius 2 is 2.11 bits per heavy atom. The largest absolute Gasteiger partial charge is 0.351 e. The third-order valence-corrected chi connectivity index (χ3v) is 2.49. The molecular weight excluding hydrogens is 298 g/mol. The number of alkyl halides is 3. The Balaban J connectivity index is 2.75. The fourth-order valence-electron chi connectivity index (χ4n) is 1.16. The first-order valence-corrected chi connectivity index (χ1v) is 6.37. The molecule has 7 heteroatoms. The van der Waals surface area contributed by atoms with Gasteiger partial charge < -0.3 is 10.1 Å². The second kappa shape index (κ2) is 6.57. The Morgan fingerprint density at radius 1 is 1.44 bits per heavy atom. The fraction of sp³-hybridized carbons (Fsp3) is 0.455. The van der Waals surface area contributed by atoms with Crippen molar-refractivity contribution in [2.45, 2.75) is 30.0 Å². The smallest absolute Gasteiger partial charge is 0.254 e. The molecular formula is C11H13Cl3N2O2. The van der Waals surface area contributed by atoms with E-state index in [1.165, 1.54) is 6.20 Å². The molecule has 0 aliphatic carbocycles. The van der Waals surface area contributed by atoms with Gasteiger partial charge in [0.2, 0.25) is 3.79 Å². The average molecular weight is 312 g/mol. The van der Waals surface area contributed by atoms with Crippen molar-refractivity contribution in [1.29, 1.82) is 0 Å². The van der Waals surface area contributed by atoms with Crippen molar-refractivity contribution >= 4 is 40.7 Å². The number of nitrogens with zero attached hydrogens (tertiary/aromatic N) is 1. The van der Waals surface area contributed by atoms with Gasteiger partial charge in [-0.3, -0.25) is 9.78 Å². The van der Waals surface area contributed by atoms with E-state index in [1.54, 1.807) is 32.2 Å². The summed E-state index contributed by atoms with van der Waals surface area (Å²) in [6.45, 7) is 3.55. The van der Waals surface area contributed by atoms with E-state index in [1.807, 2.05) is 0 Å². The highest BCUT2D eigenvalue weighted by Crippen LogP contribution is 2.31. The summed E-state index contributed by atoms with van der Waals surface area (Å²) >= 11 is 17.3. The fourth-order valence-corrected chi connectivity index (χ4v) is 1.48. The van der Waals surface area contributed by atoms with Crippen LogP contribution in [0.1, 0.15) is 24.2 Å². The molecule has 1 N–H and O–H groups in total. The van der Waals surface area contributed by atoms with Crippen LogP contribution in [0, 0.1) is 0 Å². The van der Waals surface area contributed by atoms with Crippen LogP contribution < -0.4 is 5.32 Å². The van der Waals surface area contributed by atoms with Gasteiger partial charge in [0.25, 0.3) is 5.91 Å². The Hall–Kier alpha value is -0.550. The van der Waals surface area contributed by atoms with Gasteiger partial charge in [-0.2, -0.15) is 0 Å². The summed E-state index contributed by atoms with van der Waals surface area (Å²) in [5.74, 6) is -0.417. The standard InChI is InChI=1S/C11H13Cl3N2O2/c1-7(2)18-10(11(12,13)14)16-9(17)8-4-3-5-15-6-8/h3-7,10H,1-2H3,(H,16,17). The van der Waals surface area contributed by atoms with Crippen molar-refractivity contribution < 1.29 is 9.53 Å². The quantitative estimate of drug-likeness (QED) is 0.687. The number of carbonyl (C=O) groups excluding carboxylic acids is 1. The maximum atomic E-state index is 11.9. The molecule has 1 unspecified atom stereocenters. The number of rotatable bonds is 4. The van der Waals surface area contributed by atoms with Gasteiger partial charge >= 0.3 is 0 Å². The van der Waals surface area contributed by atoms with E-state index in [-0.39, 0.29) is 6.10 Å². The summed E-state index contributed by atoms with van der Waals surface area (Å²) in [4.78, 5) is 15.7. The third kappa shape index (κ3) is 4.98. The molecule has 4 nitrogen and oxygen atoms in total. The molecule has 0 aromatic carbocycles. The van der Waals surface area contributed by atoms with E-state index >= 15 is 0 Å². The van der Waals surface area contributed by atoms with Gasteiger partial charge in [0.15, 0.2) is 6.23 Å². The molecule has 1 amide bonds. The number of aromatic nitrogens is 1. The first kappa shape index (κ1) is 15.5. The first-order valence-electron chi connectivity index (χ1n) is 5.23. The topological polar surface area (TPSA) is 51.2 Å². The zero-order chi connectivity index (χ0) is 13.8. The molecule has 0 aliphatic heterocycles. The molecule has 18 heavy (non-hydrogen) atoms. The number of nitrogens with one attached hydrogen (secondary N) is 1. The zero-order valence-electron chi connectivity index (χ0n) is 9.86. The minimum atomic E-state index is -1.75. The van der Waals surface area contributed by atoms with Crippen molar-refractivity contribution in [2.75, 3.05) is 0 Å². The molecule has 0 fully saturated rings. The number of hydrogen-bond donors (Lipinski definition) is 1. The van der Waals surface area contributed by atoms with Crippen LogP contribution in [-0.2, 0) is 4.74 Å². The Labute approximate surface area is 121 Å². The summed E-state index contributed by atoms with van der Waals surface area (Å²) in [5, 5.41) is 2.51. The molecule has 1 heterocycles. The summed E-state index contributed by atoms with van der Waals surface area (Å²) in [7, 11) is 0. The summed E-state index contributed by atoms with van der Waals surface area (Å²) in [6.07, 6.45) is 1.75. The van der Waals surface area contributed by atoms with E-state index < -0.39 is 15.9 Å². The van der Waals surface area contributed by atoms with Crippen LogP contribution in [0.25, 0.3) is 0 Å². The zero-order valence-corrected chi connectivity index (χ0v) is 12.1. The molecule has 0 spiro atoms. The SMILES string of the molecule is CC(C)OC(NC(=O)c1cccnc1)C(Cl)(Cl)Cl. The van der Waals surface area contributed by atoms with Gasteiger partial charge in [0.1, 0.15) is 0 Å². The molecule has 100 valence electrons. The molecule has 0 bridgehead atoms. The van der Waals surface area contributed by atoms with E-state index in [2.05, 4.69) is 10.3 Å². The summed E-state index contributed by atoms with van der Waals surface area (Å²) < 4.78 is 3.61. The molecule has 1 rings (SSSR count). The Kier molecular flexibility index (Phi) is 5.66. The van der Waals surface area contributed by atoms with Crippen LogP contribution in [0.2, 0.25) is 0 Å². The van der Waals surface area contributed by atoms with Crippen molar-refractivity contribution in [3.05, 3.63) is 30.1 Å². The summed E-state index contributed by atoms with van der Waals surface area (Å²) in [5.41, 5.74) is 0.365. The number of carbonyl (C=O) groups is 1. The highest BCUT2D eigenvalue weighted by atomic mass is 35.6. The van der Waals surface area contributed by atoms with Crippen LogP contribution >= 0.6 is 34.8 Å². The first-order chi connectivity index (χ1) is 8.30. The van der Waals surface area contributed by atoms with Crippen molar-refractivity contribution in [2.24, 2.45) is 0 Å². The third-order valence-electron chi connectivity index (χ3n) is 1.89. The van der Waals surface area contributed by atoms with Crippen LogP contribution in [-0.4, -0.2) is 27.0 Å². The van der Waals surface area contributed by atoms with Crippen LogP contribution in [0.4, 0.5) is 0 Å². The molecule has 1 atom stereocenters. The molecule has 0 aliphatic rings. The number of ether oxygens (including phenoxy) is 1. The van der Waals surface area contributed by atoms with Gasteiger partial charge in [-0.05, 0) is 26.0 Å². The minimum Gasteiger partial charge on any atom is -0.351 e. The van der Waals surface area contributed by atoms with Gasteiger partial charge in [-0.15, -0.1) is 0 Å². The lowest BCUT2D eigenvalue weighted by Gasteiger charge is -2.27. The van der Waals surface area contributed by atoms with E-state index in [4.69, 9.17) is 39.5 Å². The average Bonchev–Trinajstić information content (AvgIpc) is 2.27. The van der Waals surface area contributed by atoms with Crippen molar-refractivity contribution in [3.8, 4) is 0 Å². The molecule has 0 radical (unpaired) electrons. The monoisotopic (exact) mass is 310 g/mol. The second-order valence-electron chi connectivity index (χ2n) is 3.82. The summed E-state index contributed by atoms with van der Waals surface area (Å²) in [6, 6.07) is 3.25. The predicted octanol–water partition coefficient (Wildman–Crippen LogP) is 2.93. The van der Waals surface area contributed by atoms with E-state index in [0.717, 1.165) is 0 Å². The number of amides is 1. The lowest BCUT2D eigenvalue weighted by atomic mass is 10.2. The van der Waals surface area contributed by atoms with Crippen LogP contribution in [0.5, 0.6) is 0 Å². The van der Waals surface area contributed by atoms with Gasteiger partial charge in [-0.1, -0.05) is 34.8 Å². The lowest BCUT2D eigenvalue weighted by molar-refractivity contribution is -0.00677. The number of halogens is 3. The predicted molar refractivity (Wildman–Crippen MR) is 72.0 cm³/mol. The second-order valence-corrected chi connectivity index (χ2v) is 6.19. The van der Waals surface area contributed by atoms with E-state index in [9.17, 15) is 4.79 Å². The van der Waals surface area contributed by atoms with Crippen LogP contribution in [0.3, 0.4) is 0 Å². The van der Waals surface area contributed by atoms with E-state index in [0.29, 0.717) is 5.56 Å². The Morgan fingerprint density at radius 3 is 2.56 bits per heavy atom. The van der Waals surface area contributed by atoms with Gasteiger partial charge in [0.05, 0.1) is 11.7 Å². The maximum absolute atomic E-state index is 11.9. The van der Waals surface area contributed by atoms with Gasteiger partial charge in [-0.25, -0.2) is 0 Å². The normalized spacial score (nSPS) is 13.4. The van der Waals surface area contributed by atoms with Gasteiger partial charge in [0, 0.05) is 12.4 Å². The van der Waals surface area contributed by atoms with Crippen LogP contribution in [0.15, 0.2) is 24.5 Å². The lowest BCUT2D eigenvalue weighted by Crippen LogP contribution is -2.46. The molecule has 0 saturated heterocycles. The van der Waals surface area contributed by atoms with Crippen molar-refractivity contribution in [3.63, 3.8) is 0 Å². The number of pyridine rings is 1. The highest BCUT2D eigenvalue weighted by molar-refractivity contribution is 6.68. The Bertz CT molecular complexity index is 393. The van der Waals surface area contributed by atoms with Crippen molar-refractivity contribution in [1.82, 2.24) is 10.3 Å². The molecule has 0 saturated carbocycles. The minimum absolute atomic E-state index is 0.195. The highest BCUT2D eigenvalue weighted by Gasteiger charge is 2.35. The molecule has 1 aromatic rings. The number of hydrogen-bond acceptors (Lipinski definition) is 3. The maximum Gasteiger partial charge on any atom is 0.254 e. The molecule has 1 aromatic heterocycles.